The maximum atomic E-state index is 13.1. The van der Waals surface area contributed by atoms with Crippen LogP contribution in [0.5, 0.6) is 11.5 Å². The van der Waals surface area contributed by atoms with Crippen molar-refractivity contribution in [2.75, 3.05) is 18.5 Å². The van der Waals surface area contributed by atoms with Crippen molar-refractivity contribution in [2.45, 2.75) is 13.5 Å². The zero-order valence-corrected chi connectivity index (χ0v) is 22.6. The topological polar surface area (TPSA) is 122 Å². The van der Waals surface area contributed by atoms with E-state index in [0.29, 0.717) is 40.9 Å². The summed E-state index contributed by atoms with van der Waals surface area (Å²) in [5.74, 6) is -2.20. The number of halogens is 2. The molecule has 0 aliphatic carbocycles. The van der Waals surface area contributed by atoms with Crippen LogP contribution in [-0.4, -0.2) is 46.2 Å². The number of carboxylic acid groups (broad SMARTS) is 1. The van der Waals surface area contributed by atoms with Crippen LogP contribution in [0.15, 0.2) is 65.6 Å². The van der Waals surface area contributed by atoms with Crippen molar-refractivity contribution in [3.05, 3.63) is 93.1 Å². The summed E-state index contributed by atoms with van der Waals surface area (Å²) in [7, 11) is 0. The van der Waals surface area contributed by atoms with Gasteiger partial charge >= 0.3 is 5.97 Å². The van der Waals surface area contributed by atoms with Crippen LogP contribution in [0.4, 0.5) is 14.9 Å². The summed E-state index contributed by atoms with van der Waals surface area (Å²) in [4.78, 5) is 49.7. The first-order valence-corrected chi connectivity index (χ1v) is 13.1. The normalized spacial score (nSPS) is 14.0. The first kappa shape index (κ1) is 28.7. The highest BCUT2D eigenvalue weighted by molar-refractivity contribution is 8.18. The van der Waals surface area contributed by atoms with Crippen LogP contribution < -0.4 is 14.8 Å². The molecular weight excluding hydrogens is 563 g/mol. The van der Waals surface area contributed by atoms with Crippen LogP contribution in [0.2, 0.25) is 5.02 Å². The Hall–Kier alpha value is -4.35. The van der Waals surface area contributed by atoms with Crippen LogP contribution in [-0.2, 0) is 16.2 Å². The third kappa shape index (κ3) is 6.99. The molecule has 9 nitrogen and oxygen atoms in total. The number of hydrogen-bond acceptors (Lipinski definition) is 7. The number of amides is 3. The van der Waals surface area contributed by atoms with Gasteiger partial charge in [0.05, 0.1) is 22.1 Å². The molecule has 0 atom stereocenters. The molecule has 0 bridgehead atoms. The largest absolute Gasteiger partial charge is 0.490 e. The SMILES string of the molecule is CCOc1cc(/C=C2\SC(=O)N(CC(=O)Nc3ccc(F)cc3)C2=O)cc(Cl)c1OCc1ccc(C(=O)O)cc1. The summed E-state index contributed by atoms with van der Waals surface area (Å²) in [5, 5.41) is 11.1. The van der Waals surface area contributed by atoms with E-state index < -0.39 is 35.4 Å². The van der Waals surface area contributed by atoms with Crippen molar-refractivity contribution in [3.63, 3.8) is 0 Å². The first-order valence-electron chi connectivity index (χ1n) is 11.9. The number of nitrogens with one attached hydrogen (secondary N) is 1. The van der Waals surface area contributed by atoms with Gasteiger partial charge in [-0.05, 0) is 84.4 Å². The molecule has 0 spiro atoms. The number of rotatable bonds is 10. The number of ether oxygens (including phenoxy) is 2. The molecular formula is C28H22ClFN2O7S. The van der Waals surface area contributed by atoms with Gasteiger partial charge in [-0.25, -0.2) is 9.18 Å². The maximum absolute atomic E-state index is 13.1. The molecule has 0 saturated carbocycles. The van der Waals surface area contributed by atoms with Gasteiger partial charge in [-0.15, -0.1) is 0 Å². The third-order valence-electron chi connectivity index (χ3n) is 5.52. The zero-order chi connectivity index (χ0) is 28.8. The Morgan fingerprint density at radius 2 is 1.77 bits per heavy atom. The molecule has 0 aromatic heterocycles. The molecule has 4 rings (SSSR count). The summed E-state index contributed by atoms with van der Waals surface area (Å²) in [5.41, 5.74) is 1.66. The lowest BCUT2D eigenvalue weighted by Crippen LogP contribution is -2.36. The van der Waals surface area contributed by atoms with Crippen LogP contribution in [0.1, 0.15) is 28.4 Å². The molecule has 3 amide bonds. The fourth-order valence-corrected chi connectivity index (χ4v) is 4.75. The van der Waals surface area contributed by atoms with Gasteiger partial charge in [0.1, 0.15) is 19.0 Å². The minimum Gasteiger partial charge on any atom is -0.490 e. The van der Waals surface area contributed by atoms with E-state index in [2.05, 4.69) is 5.32 Å². The minimum atomic E-state index is -1.03. The molecule has 12 heteroatoms. The van der Waals surface area contributed by atoms with Gasteiger partial charge in [0, 0.05) is 5.69 Å². The fraction of sp³-hybridized carbons (Fsp3) is 0.143. The predicted octanol–water partition coefficient (Wildman–Crippen LogP) is 5.83. The smallest absolute Gasteiger partial charge is 0.335 e. The number of benzene rings is 3. The van der Waals surface area contributed by atoms with E-state index in [4.69, 9.17) is 26.2 Å². The van der Waals surface area contributed by atoms with Crippen molar-refractivity contribution < 1.29 is 38.1 Å². The molecule has 206 valence electrons. The van der Waals surface area contributed by atoms with Gasteiger partial charge in [0.2, 0.25) is 5.91 Å². The maximum Gasteiger partial charge on any atom is 0.335 e. The highest BCUT2D eigenvalue weighted by atomic mass is 35.5. The third-order valence-corrected chi connectivity index (χ3v) is 6.70. The fourth-order valence-electron chi connectivity index (χ4n) is 3.64. The van der Waals surface area contributed by atoms with E-state index in [1.165, 1.54) is 42.5 Å². The second-order valence-corrected chi connectivity index (χ2v) is 9.78. The van der Waals surface area contributed by atoms with Crippen molar-refractivity contribution >= 4 is 58.1 Å². The number of anilines is 1. The first-order chi connectivity index (χ1) is 19.1. The lowest BCUT2D eigenvalue weighted by molar-refractivity contribution is -0.127. The monoisotopic (exact) mass is 584 g/mol. The number of nitrogens with zero attached hydrogens (tertiary/aromatic N) is 1. The van der Waals surface area contributed by atoms with Gasteiger partial charge in [-0.1, -0.05) is 23.7 Å². The number of carbonyl (C=O) groups is 4. The summed E-state index contributed by atoms with van der Waals surface area (Å²) >= 11 is 7.16. The number of hydrogen-bond donors (Lipinski definition) is 2. The highest BCUT2D eigenvalue weighted by Crippen LogP contribution is 2.39. The second kappa shape index (κ2) is 12.7. The zero-order valence-electron chi connectivity index (χ0n) is 21.0. The van der Waals surface area contributed by atoms with Crippen molar-refractivity contribution in [1.82, 2.24) is 4.90 Å². The average Bonchev–Trinajstić information content (AvgIpc) is 3.17. The van der Waals surface area contributed by atoms with Crippen LogP contribution in [0, 0.1) is 5.82 Å². The Morgan fingerprint density at radius 1 is 1.07 bits per heavy atom. The van der Waals surface area contributed by atoms with Gasteiger partial charge in [-0.2, -0.15) is 0 Å². The van der Waals surface area contributed by atoms with Crippen LogP contribution in [0.25, 0.3) is 6.08 Å². The van der Waals surface area contributed by atoms with Gasteiger partial charge < -0.3 is 19.9 Å². The predicted molar refractivity (Wildman–Crippen MR) is 148 cm³/mol. The van der Waals surface area contributed by atoms with Crippen LogP contribution >= 0.6 is 23.4 Å². The average molecular weight is 585 g/mol. The van der Waals surface area contributed by atoms with E-state index in [0.717, 1.165) is 4.90 Å². The van der Waals surface area contributed by atoms with Gasteiger partial charge in [-0.3, -0.25) is 19.3 Å². The second-order valence-electron chi connectivity index (χ2n) is 8.38. The molecule has 1 aliphatic rings. The standard InChI is InChI=1S/C28H22ClFN2O7S/c1-2-38-22-12-17(11-21(29)25(22)39-15-16-3-5-18(6-4-16)27(35)36)13-23-26(34)32(28(37)40-23)14-24(33)31-20-9-7-19(30)8-10-20/h3-13H,2,14-15H2,1H3,(H,31,33)(H,35,36)/b23-13-. The van der Waals surface area contributed by atoms with E-state index in [-0.39, 0.29) is 27.8 Å². The molecule has 40 heavy (non-hydrogen) atoms. The Balaban J connectivity index is 1.47. The van der Waals surface area contributed by atoms with Crippen LogP contribution in [0.3, 0.4) is 0 Å². The molecule has 1 aliphatic heterocycles. The summed E-state index contributed by atoms with van der Waals surface area (Å²) in [6.07, 6.45) is 1.46. The Morgan fingerprint density at radius 3 is 2.42 bits per heavy atom. The van der Waals surface area contributed by atoms with Crippen molar-refractivity contribution in [2.24, 2.45) is 0 Å². The quantitative estimate of drug-likeness (QED) is 0.285. The van der Waals surface area contributed by atoms with Gasteiger partial charge in [0.25, 0.3) is 11.1 Å². The molecule has 2 N–H and O–H groups in total. The molecule has 0 radical (unpaired) electrons. The Bertz CT molecular complexity index is 1490. The van der Waals surface area contributed by atoms with E-state index in [1.807, 2.05) is 0 Å². The lowest BCUT2D eigenvalue weighted by atomic mass is 10.1. The summed E-state index contributed by atoms with van der Waals surface area (Å²) in [6, 6.07) is 14.4. The molecule has 1 heterocycles. The highest BCUT2D eigenvalue weighted by Gasteiger charge is 2.36. The lowest BCUT2D eigenvalue weighted by Gasteiger charge is -2.15. The van der Waals surface area contributed by atoms with E-state index in [9.17, 15) is 23.6 Å². The molecule has 1 fully saturated rings. The molecule has 1 saturated heterocycles. The summed E-state index contributed by atoms with van der Waals surface area (Å²) < 4.78 is 24.6. The number of aromatic carboxylic acids is 1. The summed E-state index contributed by atoms with van der Waals surface area (Å²) in [6.45, 7) is 1.66. The number of imide groups is 1. The van der Waals surface area contributed by atoms with Gasteiger partial charge in [0.15, 0.2) is 11.5 Å². The van der Waals surface area contributed by atoms with Crippen molar-refractivity contribution in [3.8, 4) is 11.5 Å². The number of thioether (sulfide) groups is 1. The number of carboxylic acids is 1. The minimum absolute atomic E-state index is 0.0882. The molecule has 0 unspecified atom stereocenters. The molecule has 3 aromatic carbocycles. The van der Waals surface area contributed by atoms with Crippen molar-refractivity contribution in [1.29, 1.82) is 0 Å². The number of carbonyl (C=O) groups excluding carboxylic acids is 3. The Labute approximate surface area is 237 Å². The van der Waals surface area contributed by atoms with E-state index in [1.54, 1.807) is 31.2 Å². The Kier molecular flexibility index (Phi) is 9.08. The molecule has 3 aromatic rings. The van der Waals surface area contributed by atoms with E-state index >= 15 is 0 Å².